The highest BCUT2D eigenvalue weighted by molar-refractivity contribution is 14.0. The Kier molecular flexibility index (Phi) is 10.4. The maximum Gasteiger partial charge on any atom is 0.243 e. The van der Waals surface area contributed by atoms with Gasteiger partial charge in [-0.2, -0.15) is 0 Å². The van der Waals surface area contributed by atoms with Gasteiger partial charge in [0.2, 0.25) is 5.91 Å². The van der Waals surface area contributed by atoms with Crippen LogP contribution >= 0.6 is 24.0 Å². The van der Waals surface area contributed by atoms with Crippen molar-refractivity contribution in [3.05, 3.63) is 29.8 Å². The second-order valence-corrected chi connectivity index (χ2v) is 6.42. The van der Waals surface area contributed by atoms with Crippen LogP contribution in [-0.4, -0.2) is 88.7 Å². The Morgan fingerprint density at radius 3 is 2.54 bits per heavy atom. The zero-order valence-electron chi connectivity index (χ0n) is 16.5. The van der Waals surface area contributed by atoms with Gasteiger partial charge in [0.1, 0.15) is 18.2 Å². The molecule has 1 amide bonds. The predicted octanol–water partition coefficient (Wildman–Crippen LogP) is 1.38. The Morgan fingerprint density at radius 2 is 1.93 bits per heavy atom. The van der Waals surface area contributed by atoms with E-state index in [1.54, 1.807) is 21.2 Å². The Bertz CT molecular complexity index is 667. The van der Waals surface area contributed by atoms with Crippen LogP contribution in [0.15, 0.2) is 23.2 Å². The highest BCUT2D eigenvalue weighted by atomic mass is 127. The zero-order valence-corrected chi connectivity index (χ0v) is 18.8. The highest BCUT2D eigenvalue weighted by Crippen LogP contribution is 2.21. The molecule has 28 heavy (non-hydrogen) atoms. The number of nitrogens with zero attached hydrogens (tertiary/aromatic N) is 4. The third-order valence-corrected chi connectivity index (χ3v) is 4.28. The van der Waals surface area contributed by atoms with E-state index in [-0.39, 0.29) is 42.1 Å². The fourth-order valence-corrected chi connectivity index (χ4v) is 2.70. The van der Waals surface area contributed by atoms with Gasteiger partial charge in [0.25, 0.3) is 0 Å². The summed E-state index contributed by atoms with van der Waals surface area (Å²) in [6.07, 6.45) is 0. The molecule has 1 heterocycles. The molecule has 1 saturated heterocycles. The SMILES string of the molecule is COCCNC(=NCC(=O)N(C)C)N1CCN(c2cc(F)ccc2F)CC1.I. The Hall–Kier alpha value is -1.69. The molecule has 1 N–H and O–H groups in total. The number of anilines is 1. The number of rotatable bonds is 6. The van der Waals surface area contributed by atoms with Crippen molar-refractivity contribution in [3.8, 4) is 0 Å². The number of halogens is 3. The minimum absolute atomic E-state index is 0. The van der Waals surface area contributed by atoms with E-state index >= 15 is 0 Å². The van der Waals surface area contributed by atoms with E-state index in [4.69, 9.17) is 4.74 Å². The summed E-state index contributed by atoms with van der Waals surface area (Å²) in [6, 6.07) is 3.47. The van der Waals surface area contributed by atoms with Crippen LogP contribution in [0.25, 0.3) is 0 Å². The van der Waals surface area contributed by atoms with Crippen LogP contribution in [-0.2, 0) is 9.53 Å². The van der Waals surface area contributed by atoms with Crippen molar-refractivity contribution in [2.45, 2.75) is 0 Å². The Labute approximate surface area is 181 Å². The average molecular weight is 511 g/mol. The molecular weight excluding hydrogens is 483 g/mol. The van der Waals surface area contributed by atoms with Gasteiger partial charge >= 0.3 is 0 Å². The van der Waals surface area contributed by atoms with Gasteiger partial charge < -0.3 is 24.8 Å². The summed E-state index contributed by atoms with van der Waals surface area (Å²) in [5, 5.41) is 3.19. The van der Waals surface area contributed by atoms with Gasteiger partial charge in [-0.05, 0) is 12.1 Å². The molecule has 0 aromatic heterocycles. The van der Waals surface area contributed by atoms with E-state index in [0.717, 1.165) is 12.1 Å². The average Bonchev–Trinajstić information content (AvgIpc) is 2.66. The van der Waals surface area contributed by atoms with E-state index < -0.39 is 11.6 Å². The minimum Gasteiger partial charge on any atom is -0.383 e. The first-order valence-corrected chi connectivity index (χ1v) is 8.84. The van der Waals surface area contributed by atoms with Crippen molar-refractivity contribution in [2.24, 2.45) is 4.99 Å². The van der Waals surface area contributed by atoms with E-state index in [9.17, 15) is 13.6 Å². The lowest BCUT2D eigenvalue weighted by molar-refractivity contribution is -0.127. The third kappa shape index (κ3) is 7.04. The van der Waals surface area contributed by atoms with Gasteiger partial charge in [-0.15, -0.1) is 24.0 Å². The van der Waals surface area contributed by atoms with Crippen LogP contribution in [0.2, 0.25) is 0 Å². The fraction of sp³-hybridized carbons (Fsp3) is 0.556. The van der Waals surface area contributed by atoms with Gasteiger partial charge in [-0.1, -0.05) is 0 Å². The molecule has 10 heteroatoms. The molecule has 0 unspecified atom stereocenters. The smallest absolute Gasteiger partial charge is 0.243 e. The number of carbonyl (C=O) groups excluding carboxylic acids is 1. The zero-order chi connectivity index (χ0) is 19.8. The quantitative estimate of drug-likeness (QED) is 0.271. The lowest BCUT2D eigenvalue weighted by Crippen LogP contribution is -2.53. The van der Waals surface area contributed by atoms with Gasteiger partial charge in [0.05, 0.1) is 12.3 Å². The topological polar surface area (TPSA) is 60.4 Å². The number of hydrogen-bond donors (Lipinski definition) is 1. The minimum atomic E-state index is -0.459. The van der Waals surface area contributed by atoms with Crippen molar-refractivity contribution in [3.63, 3.8) is 0 Å². The summed E-state index contributed by atoms with van der Waals surface area (Å²) >= 11 is 0. The molecular formula is C18H28F2IN5O2. The fourth-order valence-electron chi connectivity index (χ4n) is 2.70. The van der Waals surface area contributed by atoms with Crippen LogP contribution < -0.4 is 10.2 Å². The van der Waals surface area contributed by atoms with E-state index in [1.165, 1.54) is 11.0 Å². The number of carbonyl (C=O) groups is 1. The molecule has 1 fully saturated rings. The normalized spacial score (nSPS) is 14.5. The first-order valence-electron chi connectivity index (χ1n) is 8.84. The summed E-state index contributed by atoms with van der Waals surface area (Å²) in [6.45, 7) is 3.30. The molecule has 158 valence electrons. The molecule has 0 aliphatic carbocycles. The summed E-state index contributed by atoms with van der Waals surface area (Å²) in [5.41, 5.74) is 0.267. The molecule has 1 aliphatic heterocycles. The lowest BCUT2D eigenvalue weighted by atomic mass is 10.2. The lowest BCUT2D eigenvalue weighted by Gasteiger charge is -2.37. The number of hydrogen-bond acceptors (Lipinski definition) is 4. The number of amides is 1. The van der Waals surface area contributed by atoms with E-state index in [1.807, 2.05) is 9.80 Å². The standard InChI is InChI=1S/C18H27F2N5O2.HI/c1-23(2)17(26)13-22-18(21-6-11-27-3)25-9-7-24(8-10-25)16-12-14(19)4-5-15(16)20;/h4-5,12H,6-11,13H2,1-3H3,(H,21,22);1H. The number of benzene rings is 1. The number of guanidine groups is 1. The summed E-state index contributed by atoms with van der Waals surface area (Å²) in [5.74, 6) is -0.379. The van der Waals surface area contributed by atoms with Crippen molar-refractivity contribution >= 4 is 41.5 Å². The number of piperazine rings is 1. The van der Waals surface area contributed by atoms with Crippen LogP contribution in [0.3, 0.4) is 0 Å². The van der Waals surface area contributed by atoms with Crippen LogP contribution in [0.1, 0.15) is 0 Å². The molecule has 1 aliphatic rings. The monoisotopic (exact) mass is 511 g/mol. The number of nitrogens with one attached hydrogen (secondary N) is 1. The van der Waals surface area contributed by atoms with Crippen LogP contribution in [0, 0.1) is 11.6 Å². The molecule has 7 nitrogen and oxygen atoms in total. The third-order valence-electron chi connectivity index (χ3n) is 4.28. The molecule has 0 radical (unpaired) electrons. The van der Waals surface area contributed by atoms with Gasteiger partial charge in [-0.25, -0.2) is 13.8 Å². The van der Waals surface area contributed by atoms with Crippen LogP contribution in [0.5, 0.6) is 0 Å². The van der Waals surface area contributed by atoms with Crippen molar-refractivity contribution in [1.82, 2.24) is 15.1 Å². The number of aliphatic imine (C=N–C) groups is 1. The molecule has 1 aromatic rings. The summed E-state index contributed by atoms with van der Waals surface area (Å²) < 4.78 is 32.5. The molecule has 0 spiro atoms. The van der Waals surface area contributed by atoms with Crippen molar-refractivity contribution in [1.29, 1.82) is 0 Å². The first-order chi connectivity index (χ1) is 12.9. The Balaban J connectivity index is 0.00000392. The Morgan fingerprint density at radius 1 is 1.25 bits per heavy atom. The summed E-state index contributed by atoms with van der Waals surface area (Å²) in [7, 11) is 4.98. The largest absolute Gasteiger partial charge is 0.383 e. The molecule has 2 rings (SSSR count). The van der Waals surface area contributed by atoms with E-state index in [0.29, 0.717) is 45.3 Å². The number of ether oxygens (including phenoxy) is 1. The maximum atomic E-state index is 14.0. The van der Waals surface area contributed by atoms with Gasteiger partial charge in [-0.3, -0.25) is 4.79 Å². The predicted molar refractivity (Wildman–Crippen MR) is 116 cm³/mol. The van der Waals surface area contributed by atoms with Crippen LogP contribution in [0.4, 0.5) is 14.5 Å². The summed E-state index contributed by atoms with van der Waals surface area (Å²) in [4.78, 5) is 21.5. The highest BCUT2D eigenvalue weighted by Gasteiger charge is 2.22. The van der Waals surface area contributed by atoms with Crippen molar-refractivity contribution in [2.75, 3.05) is 72.0 Å². The molecule has 0 saturated carbocycles. The second-order valence-electron chi connectivity index (χ2n) is 6.42. The number of methoxy groups -OCH3 is 1. The first kappa shape index (κ1) is 24.3. The van der Waals surface area contributed by atoms with Gasteiger partial charge in [0, 0.05) is 60.0 Å². The molecule has 0 atom stereocenters. The maximum absolute atomic E-state index is 14.0. The van der Waals surface area contributed by atoms with Crippen molar-refractivity contribution < 1.29 is 18.3 Å². The van der Waals surface area contributed by atoms with E-state index in [2.05, 4.69) is 10.3 Å². The number of likely N-dealkylation sites (N-methyl/N-ethyl adjacent to an activating group) is 1. The second kappa shape index (κ2) is 12.0. The van der Waals surface area contributed by atoms with Gasteiger partial charge in [0.15, 0.2) is 5.96 Å². The molecule has 1 aromatic carbocycles. The molecule has 0 bridgehead atoms.